The van der Waals surface area contributed by atoms with Crippen molar-refractivity contribution in [2.75, 3.05) is 32.8 Å². The molecule has 4 heteroatoms. The molecular weight excluding hydrogens is 252 g/mol. The molecule has 1 fully saturated rings. The number of nitrogens with zero attached hydrogens (tertiary/aromatic N) is 1. The monoisotopic (exact) mass is 276 g/mol. The van der Waals surface area contributed by atoms with Crippen molar-refractivity contribution < 1.29 is 9.53 Å². The van der Waals surface area contributed by atoms with E-state index in [9.17, 15) is 4.79 Å². The average molecular weight is 276 g/mol. The highest BCUT2D eigenvalue weighted by molar-refractivity contribution is 6.03. The van der Waals surface area contributed by atoms with E-state index in [0.29, 0.717) is 6.61 Å². The fraction of sp³-hybridized carbons (Fsp3) is 0.562. The fourth-order valence-electron chi connectivity index (χ4n) is 2.61. The van der Waals surface area contributed by atoms with E-state index < -0.39 is 5.54 Å². The molecule has 1 aromatic carbocycles. The lowest BCUT2D eigenvalue weighted by molar-refractivity contribution is 0.0602. The van der Waals surface area contributed by atoms with Crippen LogP contribution in [-0.4, -0.2) is 49.0 Å². The van der Waals surface area contributed by atoms with E-state index in [0.717, 1.165) is 37.5 Å². The van der Waals surface area contributed by atoms with Crippen LogP contribution in [0.3, 0.4) is 0 Å². The fourth-order valence-corrected chi connectivity index (χ4v) is 2.61. The summed E-state index contributed by atoms with van der Waals surface area (Å²) in [5.74, 6) is 0.912. The predicted octanol–water partition coefficient (Wildman–Crippen LogP) is 1.95. The molecule has 0 unspecified atom stereocenters. The molecule has 0 amide bonds. The zero-order chi connectivity index (χ0) is 14.6. The second kappa shape index (κ2) is 6.37. The van der Waals surface area contributed by atoms with Gasteiger partial charge in [0, 0.05) is 31.7 Å². The number of carbonyl (C=O) groups is 1. The number of nitrogens with one attached hydrogen (secondary N) is 1. The third-order valence-corrected chi connectivity index (χ3v) is 3.87. The molecule has 0 aliphatic carbocycles. The van der Waals surface area contributed by atoms with Crippen LogP contribution in [0.1, 0.15) is 31.1 Å². The van der Waals surface area contributed by atoms with E-state index in [4.69, 9.17) is 4.74 Å². The molecule has 0 bridgehead atoms. The van der Waals surface area contributed by atoms with Gasteiger partial charge in [0.15, 0.2) is 5.78 Å². The van der Waals surface area contributed by atoms with E-state index in [2.05, 4.69) is 10.2 Å². The van der Waals surface area contributed by atoms with E-state index in [1.54, 1.807) is 0 Å². The molecule has 0 atom stereocenters. The highest BCUT2D eigenvalue weighted by atomic mass is 16.5. The largest absolute Gasteiger partial charge is 0.494 e. The van der Waals surface area contributed by atoms with Gasteiger partial charge in [0.25, 0.3) is 0 Å². The Bertz CT molecular complexity index is 465. The van der Waals surface area contributed by atoms with Gasteiger partial charge in [0.1, 0.15) is 5.75 Å². The SMILES string of the molecule is CCOc1cccc(C(=O)C(C)(C)N2CCNCC2)c1. The number of ketones is 1. The lowest BCUT2D eigenvalue weighted by Crippen LogP contribution is -2.57. The van der Waals surface area contributed by atoms with Crippen molar-refractivity contribution in [1.29, 1.82) is 0 Å². The molecule has 1 aliphatic heterocycles. The van der Waals surface area contributed by atoms with Crippen molar-refractivity contribution >= 4 is 5.78 Å². The van der Waals surface area contributed by atoms with Crippen LogP contribution in [0.25, 0.3) is 0 Å². The molecule has 0 saturated carbocycles. The summed E-state index contributed by atoms with van der Waals surface area (Å²) in [6, 6.07) is 7.48. The van der Waals surface area contributed by atoms with E-state index in [1.165, 1.54) is 0 Å². The summed E-state index contributed by atoms with van der Waals surface area (Å²) < 4.78 is 5.48. The number of hydrogen-bond donors (Lipinski definition) is 1. The molecule has 1 N–H and O–H groups in total. The summed E-state index contributed by atoms with van der Waals surface area (Å²) in [5, 5.41) is 3.32. The highest BCUT2D eigenvalue weighted by Gasteiger charge is 2.35. The smallest absolute Gasteiger partial charge is 0.182 e. The average Bonchev–Trinajstić information content (AvgIpc) is 2.48. The van der Waals surface area contributed by atoms with Crippen LogP contribution in [0.2, 0.25) is 0 Å². The summed E-state index contributed by atoms with van der Waals surface area (Å²) >= 11 is 0. The van der Waals surface area contributed by atoms with Gasteiger partial charge in [0.2, 0.25) is 0 Å². The molecule has 1 aromatic rings. The first-order valence-corrected chi connectivity index (χ1v) is 7.29. The number of Topliss-reactive ketones (excluding diaryl/α,β-unsaturated/α-hetero) is 1. The molecule has 0 aromatic heterocycles. The zero-order valence-electron chi connectivity index (χ0n) is 12.6. The Morgan fingerprint density at radius 1 is 1.35 bits per heavy atom. The van der Waals surface area contributed by atoms with E-state index in [1.807, 2.05) is 45.0 Å². The van der Waals surface area contributed by atoms with Gasteiger partial charge in [-0.05, 0) is 32.9 Å². The van der Waals surface area contributed by atoms with Gasteiger partial charge in [0.05, 0.1) is 12.1 Å². The van der Waals surface area contributed by atoms with Crippen LogP contribution in [0.4, 0.5) is 0 Å². The van der Waals surface area contributed by atoms with Crippen molar-refractivity contribution in [3.63, 3.8) is 0 Å². The molecule has 0 spiro atoms. The van der Waals surface area contributed by atoms with E-state index in [-0.39, 0.29) is 5.78 Å². The Morgan fingerprint density at radius 3 is 2.70 bits per heavy atom. The third-order valence-electron chi connectivity index (χ3n) is 3.87. The van der Waals surface area contributed by atoms with Crippen LogP contribution >= 0.6 is 0 Å². The molecule has 0 radical (unpaired) electrons. The minimum absolute atomic E-state index is 0.154. The second-order valence-electron chi connectivity index (χ2n) is 5.59. The Balaban J connectivity index is 2.18. The van der Waals surface area contributed by atoms with Crippen molar-refractivity contribution in [1.82, 2.24) is 10.2 Å². The van der Waals surface area contributed by atoms with Crippen LogP contribution in [0, 0.1) is 0 Å². The van der Waals surface area contributed by atoms with Gasteiger partial charge < -0.3 is 10.1 Å². The summed E-state index contributed by atoms with van der Waals surface area (Å²) in [6.45, 7) is 10.3. The molecule has 1 aliphatic rings. The quantitative estimate of drug-likeness (QED) is 0.835. The summed E-state index contributed by atoms with van der Waals surface area (Å²) in [4.78, 5) is 15.1. The standard InChI is InChI=1S/C16H24N2O2/c1-4-20-14-7-5-6-13(12-14)15(19)16(2,3)18-10-8-17-9-11-18/h5-7,12,17H,4,8-11H2,1-3H3. The Morgan fingerprint density at radius 2 is 2.05 bits per heavy atom. The highest BCUT2D eigenvalue weighted by Crippen LogP contribution is 2.23. The number of piperazine rings is 1. The number of rotatable bonds is 5. The van der Waals surface area contributed by atoms with Gasteiger partial charge in [-0.1, -0.05) is 12.1 Å². The molecule has 1 heterocycles. The number of benzene rings is 1. The van der Waals surface area contributed by atoms with Gasteiger partial charge in [-0.3, -0.25) is 9.69 Å². The van der Waals surface area contributed by atoms with Crippen LogP contribution < -0.4 is 10.1 Å². The minimum atomic E-state index is -0.479. The van der Waals surface area contributed by atoms with Crippen molar-refractivity contribution in [2.24, 2.45) is 0 Å². The first kappa shape index (κ1) is 15.0. The maximum Gasteiger partial charge on any atom is 0.182 e. The third kappa shape index (κ3) is 3.19. The molecule has 20 heavy (non-hydrogen) atoms. The topological polar surface area (TPSA) is 41.6 Å². The van der Waals surface area contributed by atoms with Crippen LogP contribution in [0.5, 0.6) is 5.75 Å². The number of carbonyl (C=O) groups excluding carboxylic acids is 1. The van der Waals surface area contributed by atoms with Gasteiger partial charge in [-0.15, -0.1) is 0 Å². The Labute approximate surface area is 121 Å². The zero-order valence-corrected chi connectivity index (χ0v) is 12.6. The first-order chi connectivity index (χ1) is 9.55. The van der Waals surface area contributed by atoms with Crippen LogP contribution in [0.15, 0.2) is 24.3 Å². The number of hydrogen-bond acceptors (Lipinski definition) is 4. The molecular formula is C16H24N2O2. The maximum absolute atomic E-state index is 12.8. The molecule has 2 rings (SSSR count). The summed E-state index contributed by atoms with van der Waals surface area (Å²) in [5.41, 5.74) is 0.243. The van der Waals surface area contributed by atoms with Gasteiger partial charge in [-0.2, -0.15) is 0 Å². The van der Waals surface area contributed by atoms with Crippen molar-refractivity contribution in [2.45, 2.75) is 26.3 Å². The normalized spacial score (nSPS) is 16.9. The Kier molecular flexibility index (Phi) is 4.78. The Hall–Kier alpha value is -1.39. The van der Waals surface area contributed by atoms with Crippen molar-refractivity contribution in [3.05, 3.63) is 29.8 Å². The molecule has 1 saturated heterocycles. The predicted molar refractivity (Wildman–Crippen MR) is 80.5 cm³/mol. The summed E-state index contributed by atoms with van der Waals surface area (Å²) in [7, 11) is 0. The van der Waals surface area contributed by atoms with Crippen LogP contribution in [-0.2, 0) is 0 Å². The van der Waals surface area contributed by atoms with E-state index >= 15 is 0 Å². The minimum Gasteiger partial charge on any atom is -0.494 e. The number of ether oxygens (including phenoxy) is 1. The molecule has 4 nitrogen and oxygen atoms in total. The van der Waals surface area contributed by atoms with Gasteiger partial charge >= 0.3 is 0 Å². The van der Waals surface area contributed by atoms with Crippen molar-refractivity contribution in [3.8, 4) is 5.75 Å². The molecule has 110 valence electrons. The maximum atomic E-state index is 12.8. The van der Waals surface area contributed by atoms with Gasteiger partial charge in [-0.25, -0.2) is 0 Å². The first-order valence-electron chi connectivity index (χ1n) is 7.29. The lowest BCUT2D eigenvalue weighted by Gasteiger charge is -2.40. The lowest BCUT2D eigenvalue weighted by atomic mass is 9.90. The second-order valence-corrected chi connectivity index (χ2v) is 5.59. The summed E-state index contributed by atoms with van der Waals surface area (Å²) in [6.07, 6.45) is 0.